The molecule has 0 fully saturated rings. The Kier molecular flexibility index (Phi) is 3.00. The first-order chi connectivity index (χ1) is 7.46. The van der Waals surface area contributed by atoms with Crippen molar-refractivity contribution in [3.63, 3.8) is 0 Å². The molecule has 3 nitrogen and oxygen atoms in total. The van der Waals surface area contributed by atoms with E-state index in [0.29, 0.717) is 18.2 Å². The van der Waals surface area contributed by atoms with Crippen LogP contribution in [0.4, 0.5) is 5.69 Å². The first kappa shape index (κ1) is 11.6. The van der Waals surface area contributed by atoms with Crippen LogP contribution >= 0.6 is 11.6 Å². The summed E-state index contributed by atoms with van der Waals surface area (Å²) in [5.74, 6) is 0.794. The third kappa shape index (κ3) is 2.60. The number of aliphatic hydroxyl groups is 1. The maximum absolute atomic E-state index is 9.84. The van der Waals surface area contributed by atoms with Gasteiger partial charge in [-0.05, 0) is 26.0 Å². The molecule has 4 heteroatoms. The van der Waals surface area contributed by atoms with Crippen molar-refractivity contribution in [3.05, 3.63) is 23.2 Å². The SMILES string of the molecule is CC(C)(O)CN1CCOc2cc(Cl)ccc21. The molecule has 0 spiro atoms. The fourth-order valence-corrected chi connectivity index (χ4v) is 2.04. The van der Waals surface area contributed by atoms with Gasteiger partial charge in [0.05, 0.1) is 17.8 Å². The zero-order chi connectivity index (χ0) is 11.8. The molecule has 0 radical (unpaired) electrons. The van der Waals surface area contributed by atoms with Crippen LogP contribution in [0.15, 0.2) is 18.2 Å². The first-order valence-corrected chi connectivity index (χ1v) is 5.73. The minimum atomic E-state index is -0.714. The Morgan fingerprint density at radius 3 is 2.94 bits per heavy atom. The van der Waals surface area contributed by atoms with Gasteiger partial charge in [0.1, 0.15) is 12.4 Å². The number of β-amino-alcohol motifs (C(OH)–C–C–N with tert-alkyl or cyclic N) is 1. The Morgan fingerprint density at radius 1 is 1.50 bits per heavy atom. The normalized spacial score (nSPS) is 15.6. The predicted octanol–water partition coefficient (Wildman–Crippen LogP) is 2.31. The molecule has 16 heavy (non-hydrogen) atoms. The van der Waals surface area contributed by atoms with Crippen molar-refractivity contribution in [2.75, 3.05) is 24.6 Å². The van der Waals surface area contributed by atoms with Crippen LogP contribution in [0, 0.1) is 0 Å². The number of halogens is 1. The molecule has 0 saturated carbocycles. The number of ether oxygens (including phenoxy) is 1. The lowest BCUT2D eigenvalue weighted by atomic mass is 10.1. The summed E-state index contributed by atoms with van der Waals surface area (Å²) in [4.78, 5) is 2.12. The predicted molar refractivity (Wildman–Crippen MR) is 65.5 cm³/mol. The van der Waals surface area contributed by atoms with Gasteiger partial charge in [-0.2, -0.15) is 0 Å². The van der Waals surface area contributed by atoms with Crippen LogP contribution in [0.25, 0.3) is 0 Å². The molecular formula is C12H16ClNO2. The zero-order valence-corrected chi connectivity index (χ0v) is 10.3. The molecule has 0 atom stereocenters. The molecule has 0 amide bonds. The second-order valence-electron chi connectivity index (χ2n) is 4.69. The van der Waals surface area contributed by atoms with Gasteiger partial charge in [0.25, 0.3) is 0 Å². The van der Waals surface area contributed by atoms with Crippen LogP contribution in [0.5, 0.6) is 5.75 Å². The van der Waals surface area contributed by atoms with Crippen molar-refractivity contribution < 1.29 is 9.84 Å². The molecule has 2 rings (SSSR count). The standard InChI is InChI=1S/C12H16ClNO2/c1-12(2,15)8-14-5-6-16-11-7-9(13)3-4-10(11)14/h3-4,7,15H,5-6,8H2,1-2H3. The number of fused-ring (bicyclic) bond motifs is 1. The number of nitrogens with zero attached hydrogens (tertiary/aromatic N) is 1. The van der Waals surface area contributed by atoms with Crippen molar-refractivity contribution in [2.24, 2.45) is 0 Å². The fraction of sp³-hybridized carbons (Fsp3) is 0.500. The van der Waals surface area contributed by atoms with Gasteiger partial charge in [-0.1, -0.05) is 11.6 Å². The van der Waals surface area contributed by atoms with Crippen molar-refractivity contribution in [1.29, 1.82) is 0 Å². The Hall–Kier alpha value is -0.930. The molecule has 88 valence electrons. The summed E-state index contributed by atoms with van der Waals surface area (Å²) in [5, 5.41) is 10.5. The zero-order valence-electron chi connectivity index (χ0n) is 9.53. The van der Waals surface area contributed by atoms with Gasteiger partial charge in [-0.3, -0.25) is 0 Å². The van der Waals surface area contributed by atoms with E-state index in [2.05, 4.69) is 4.90 Å². The Labute approximate surface area is 101 Å². The number of hydrogen-bond donors (Lipinski definition) is 1. The number of hydrogen-bond acceptors (Lipinski definition) is 3. The van der Waals surface area contributed by atoms with Crippen molar-refractivity contribution in [2.45, 2.75) is 19.4 Å². The lowest BCUT2D eigenvalue weighted by molar-refractivity contribution is 0.0855. The lowest BCUT2D eigenvalue weighted by Crippen LogP contribution is -2.42. The van der Waals surface area contributed by atoms with E-state index < -0.39 is 5.60 Å². The summed E-state index contributed by atoms with van der Waals surface area (Å²) in [5.41, 5.74) is 0.284. The second-order valence-corrected chi connectivity index (χ2v) is 5.13. The minimum Gasteiger partial charge on any atom is -0.490 e. The van der Waals surface area contributed by atoms with E-state index in [-0.39, 0.29) is 0 Å². The van der Waals surface area contributed by atoms with Crippen LogP contribution in [0.1, 0.15) is 13.8 Å². The molecule has 0 bridgehead atoms. The van der Waals surface area contributed by atoms with Gasteiger partial charge < -0.3 is 14.7 Å². The van der Waals surface area contributed by atoms with Crippen LogP contribution in [0.2, 0.25) is 5.02 Å². The molecular weight excluding hydrogens is 226 g/mol. The van der Waals surface area contributed by atoms with Gasteiger partial charge in [0.15, 0.2) is 0 Å². The smallest absolute Gasteiger partial charge is 0.144 e. The highest BCUT2D eigenvalue weighted by Crippen LogP contribution is 2.34. The van der Waals surface area contributed by atoms with E-state index >= 15 is 0 Å². The Bertz CT molecular complexity index is 387. The van der Waals surface area contributed by atoms with Crippen LogP contribution < -0.4 is 9.64 Å². The Morgan fingerprint density at radius 2 is 2.25 bits per heavy atom. The molecule has 1 aromatic rings. The second kappa shape index (κ2) is 4.15. The third-order valence-corrected chi connectivity index (χ3v) is 2.69. The highest BCUT2D eigenvalue weighted by atomic mass is 35.5. The van der Waals surface area contributed by atoms with E-state index in [9.17, 15) is 5.11 Å². The molecule has 1 aromatic carbocycles. The molecule has 0 aromatic heterocycles. The van der Waals surface area contributed by atoms with E-state index in [0.717, 1.165) is 18.0 Å². The van der Waals surface area contributed by atoms with Gasteiger partial charge >= 0.3 is 0 Å². The summed E-state index contributed by atoms with van der Waals surface area (Å²) < 4.78 is 5.54. The van der Waals surface area contributed by atoms with Crippen LogP contribution in [0.3, 0.4) is 0 Å². The first-order valence-electron chi connectivity index (χ1n) is 5.35. The highest BCUT2D eigenvalue weighted by Gasteiger charge is 2.23. The largest absolute Gasteiger partial charge is 0.490 e. The fourth-order valence-electron chi connectivity index (χ4n) is 1.88. The maximum Gasteiger partial charge on any atom is 0.144 e. The summed E-state index contributed by atoms with van der Waals surface area (Å²) in [6.45, 7) is 5.61. The van der Waals surface area contributed by atoms with Gasteiger partial charge in [0, 0.05) is 17.6 Å². The topological polar surface area (TPSA) is 32.7 Å². The average molecular weight is 242 g/mol. The summed E-state index contributed by atoms with van der Waals surface area (Å²) in [7, 11) is 0. The number of rotatable bonds is 2. The van der Waals surface area contributed by atoms with Gasteiger partial charge in [0.2, 0.25) is 0 Å². The number of benzene rings is 1. The van der Waals surface area contributed by atoms with Crippen LogP contribution in [-0.2, 0) is 0 Å². The minimum absolute atomic E-state index is 0.588. The van der Waals surface area contributed by atoms with Crippen LogP contribution in [-0.4, -0.2) is 30.4 Å². The van der Waals surface area contributed by atoms with Crippen molar-refractivity contribution >= 4 is 17.3 Å². The molecule has 0 unspecified atom stereocenters. The molecule has 0 saturated heterocycles. The van der Waals surface area contributed by atoms with Gasteiger partial charge in [-0.25, -0.2) is 0 Å². The third-order valence-electron chi connectivity index (χ3n) is 2.46. The lowest BCUT2D eigenvalue weighted by Gasteiger charge is -2.35. The monoisotopic (exact) mass is 241 g/mol. The summed E-state index contributed by atoms with van der Waals surface area (Å²) in [6.07, 6.45) is 0. The van der Waals surface area contributed by atoms with E-state index in [1.807, 2.05) is 18.2 Å². The maximum atomic E-state index is 9.84. The van der Waals surface area contributed by atoms with Crippen molar-refractivity contribution in [3.8, 4) is 5.75 Å². The van der Waals surface area contributed by atoms with Crippen molar-refractivity contribution in [1.82, 2.24) is 0 Å². The summed E-state index contributed by atoms with van der Waals surface area (Å²) >= 11 is 5.91. The summed E-state index contributed by atoms with van der Waals surface area (Å²) in [6, 6.07) is 5.59. The van der Waals surface area contributed by atoms with E-state index in [1.165, 1.54) is 0 Å². The number of anilines is 1. The molecule has 1 aliphatic rings. The molecule has 1 heterocycles. The molecule has 1 aliphatic heterocycles. The van der Waals surface area contributed by atoms with Gasteiger partial charge in [-0.15, -0.1) is 0 Å². The molecule has 0 aliphatic carbocycles. The quantitative estimate of drug-likeness (QED) is 0.863. The van der Waals surface area contributed by atoms with E-state index in [1.54, 1.807) is 13.8 Å². The van der Waals surface area contributed by atoms with E-state index in [4.69, 9.17) is 16.3 Å². The Balaban J connectivity index is 2.26. The molecule has 1 N–H and O–H groups in total. The average Bonchev–Trinajstić information content (AvgIpc) is 2.15. The highest BCUT2D eigenvalue weighted by molar-refractivity contribution is 6.30.